The van der Waals surface area contributed by atoms with Gasteiger partial charge < -0.3 is 5.73 Å². The number of ketones is 1. The van der Waals surface area contributed by atoms with Crippen molar-refractivity contribution >= 4 is 21.7 Å². The molecule has 4 heteroatoms. The van der Waals surface area contributed by atoms with E-state index in [2.05, 4.69) is 15.9 Å². The Morgan fingerprint density at radius 1 is 1.20 bits per heavy atom. The Balaban J connectivity index is 1.99. The molecular weight excluding hydrogens is 321 g/mol. The van der Waals surface area contributed by atoms with Crippen molar-refractivity contribution in [3.05, 3.63) is 69.9 Å². The smallest absolute Gasteiger partial charge is 0.139 e. The molecule has 0 bridgehead atoms. The van der Waals surface area contributed by atoms with Crippen molar-refractivity contribution in [2.24, 2.45) is 5.73 Å². The molecule has 0 aromatic heterocycles. The Labute approximate surface area is 125 Å². The van der Waals surface area contributed by atoms with Gasteiger partial charge in [0.25, 0.3) is 0 Å². The molecule has 0 aliphatic carbocycles. The van der Waals surface area contributed by atoms with Crippen LogP contribution in [0.25, 0.3) is 0 Å². The van der Waals surface area contributed by atoms with Crippen molar-refractivity contribution in [3.63, 3.8) is 0 Å². The van der Waals surface area contributed by atoms with Crippen LogP contribution in [0, 0.1) is 5.82 Å². The maximum absolute atomic E-state index is 13.2. The van der Waals surface area contributed by atoms with Gasteiger partial charge in [0.15, 0.2) is 0 Å². The van der Waals surface area contributed by atoms with Crippen molar-refractivity contribution < 1.29 is 9.18 Å². The summed E-state index contributed by atoms with van der Waals surface area (Å²) in [6.07, 6.45) is 0.440. The van der Waals surface area contributed by atoms with E-state index in [-0.39, 0.29) is 30.5 Å². The summed E-state index contributed by atoms with van der Waals surface area (Å²) in [5, 5.41) is 0. The third-order valence-corrected chi connectivity index (χ3v) is 3.46. The second-order valence-corrected chi connectivity index (χ2v) is 5.63. The van der Waals surface area contributed by atoms with Crippen LogP contribution in [0.2, 0.25) is 0 Å². The van der Waals surface area contributed by atoms with Gasteiger partial charge in [0.1, 0.15) is 11.6 Å². The Kier molecular flexibility index (Phi) is 5.04. The fraction of sp³-hybridized carbons (Fsp3) is 0.188. The SMILES string of the molecule is NC(CC(=O)Cc1cc(F)cc(Br)c1)c1ccccc1. The van der Waals surface area contributed by atoms with Crippen molar-refractivity contribution in [1.29, 1.82) is 0 Å². The first kappa shape index (κ1) is 14.9. The van der Waals surface area contributed by atoms with Crippen LogP contribution in [-0.2, 0) is 11.2 Å². The molecule has 0 saturated carbocycles. The maximum Gasteiger partial charge on any atom is 0.139 e. The van der Waals surface area contributed by atoms with Gasteiger partial charge in [-0.15, -0.1) is 0 Å². The molecule has 1 atom stereocenters. The van der Waals surface area contributed by atoms with Crippen molar-refractivity contribution in [2.75, 3.05) is 0 Å². The number of halogens is 2. The van der Waals surface area contributed by atoms with E-state index >= 15 is 0 Å². The molecule has 0 heterocycles. The summed E-state index contributed by atoms with van der Waals surface area (Å²) >= 11 is 3.21. The van der Waals surface area contributed by atoms with Crippen LogP contribution in [0.1, 0.15) is 23.6 Å². The van der Waals surface area contributed by atoms with Gasteiger partial charge >= 0.3 is 0 Å². The van der Waals surface area contributed by atoms with Gasteiger partial charge in [-0.3, -0.25) is 4.79 Å². The van der Waals surface area contributed by atoms with Crippen LogP contribution in [0.3, 0.4) is 0 Å². The van der Waals surface area contributed by atoms with E-state index in [0.717, 1.165) is 5.56 Å². The average molecular weight is 336 g/mol. The topological polar surface area (TPSA) is 43.1 Å². The van der Waals surface area contributed by atoms with Gasteiger partial charge in [-0.05, 0) is 29.3 Å². The monoisotopic (exact) mass is 335 g/mol. The summed E-state index contributed by atoms with van der Waals surface area (Å²) in [6, 6.07) is 13.7. The lowest BCUT2D eigenvalue weighted by molar-refractivity contribution is -0.118. The van der Waals surface area contributed by atoms with Crippen molar-refractivity contribution in [1.82, 2.24) is 0 Å². The number of carbonyl (C=O) groups excluding carboxylic acids is 1. The first-order valence-electron chi connectivity index (χ1n) is 6.32. The molecule has 1 unspecified atom stereocenters. The van der Waals surface area contributed by atoms with E-state index in [1.165, 1.54) is 12.1 Å². The number of carbonyl (C=O) groups is 1. The van der Waals surface area contributed by atoms with Crippen LogP contribution in [0.4, 0.5) is 4.39 Å². The molecule has 2 N–H and O–H groups in total. The summed E-state index contributed by atoms with van der Waals surface area (Å²) in [4.78, 5) is 12.0. The molecule has 2 nitrogen and oxygen atoms in total. The highest BCUT2D eigenvalue weighted by molar-refractivity contribution is 9.10. The molecule has 0 saturated heterocycles. The molecule has 0 spiro atoms. The Morgan fingerprint density at radius 3 is 2.55 bits per heavy atom. The van der Waals surface area contributed by atoms with Gasteiger partial charge in [-0.25, -0.2) is 4.39 Å². The van der Waals surface area contributed by atoms with Gasteiger partial charge in [-0.1, -0.05) is 46.3 Å². The minimum absolute atomic E-state index is 0.00106. The molecule has 0 fully saturated rings. The summed E-state index contributed by atoms with van der Waals surface area (Å²) in [6.45, 7) is 0. The molecule has 0 radical (unpaired) electrons. The zero-order valence-electron chi connectivity index (χ0n) is 10.9. The van der Waals surface area contributed by atoms with Crippen LogP contribution in [-0.4, -0.2) is 5.78 Å². The Morgan fingerprint density at radius 2 is 1.90 bits per heavy atom. The fourth-order valence-corrected chi connectivity index (χ4v) is 2.59. The highest BCUT2D eigenvalue weighted by Gasteiger charge is 2.12. The van der Waals surface area contributed by atoms with Gasteiger partial charge in [0, 0.05) is 23.4 Å². The summed E-state index contributed by atoms with van der Waals surface area (Å²) in [5.74, 6) is -0.353. The van der Waals surface area contributed by atoms with Crippen LogP contribution in [0.5, 0.6) is 0 Å². The van der Waals surface area contributed by atoms with Crippen molar-refractivity contribution in [3.8, 4) is 0 Å². The average Bonchev–Trinajstić information content (AvgIpc) is 2.38. The minimum atomic E-state index is -0.352. The first-order valence-corrected chi connectivity index (χ1v) is 7.11. The van der Waals surface area contributed by atoms with E-state index in [9.17, 15) is 9.18 Å². The maximum atomic E-state index is 13.2. The molecule has 0 aliphatic rings. The highest BCUT2D eigenvalue weighted by Crippen LogP contribution is 2.18. The van der Waals surface area contributed by atoms with E-state index < -0.39 is 0 Å². The van der Waals surface area contributed by atoms with Crippen LogP contribution >= 0.6 is 15.9 Å². The minimum Gasteiger partial charge on any atom is -0.324 e. The number of Topliss-reactive ketones (excluding diaryl/α,β-unsaturated/α-hetero) is 1. The zero-order chi connectivity index (χ0) is 14.5. The van der Waals surface area contributed by atoms with Gasteiger partial charge in [0.2, 0.25) is 0 Å². The molecule has 2 rings (SSSR count). The van der Waals surface area contributed by atoms with Gasteiger partial charge in [-0.2, -0.15) is 0 Å². The molecule has 0 aliphatic heterocycles. The Hall–Kier alpha value is -1.52. The van der Waals surface area contributed by atoms with E-state index in [4.69, 9.17) is 5.73 Å². The third-order valence-electron chi connectivity index (χ3n) is 3.00. The summed E-state index contributed by atoms with van der Waals surface area (Å²) in [7, 11) is 0. The van der Waals surface area contributed by atoms with E-state index in [1.54, 1.807) is 6.07 Å². The van der Waals surface area contributed by atoms with Crippen molar-refractivity contribution in [2.45, 2.75) is 18.9 Å². The fourth-order valence-electron chi connectivity index (χ4n) is 2.08. The van der Waals surface area contributed by atoms with Gasteiger partial charge in [0.05, 0.1) is 0 Å². The Bertz CT molecular complexity index is 580. The molecule has 0 amide bonds. The van der Waals surface area contributed by atoms with E-state index in [0.29, 0.717) is 10.0 Å². The standard InChI is InChI=1S/C16H15BrFNO/c17-13-6-11(7-14(18)9-13)8-15(20)10-16(19)12-4-2-1-3-5-12/h1-7,9,16H,8,10,19H2. The molecular formula is C16H15BrFNO. The predicted octanol–water partition coefficient (Wildman–Crippen LogP) is 3.79. The lowest BCUT2D eigenvalue weighted by atomic mass is 9.99. The largest absolute Gasteiger partial charge is 0.324 e. The highest BCUT2D eigenvalue weighted by atomic mass is 79.9. The summed E-state index contributed by atoms with van der Waals surface area (Å²) < 4.78 is 13.9. The molecule has 104 valence electrons. The second kappa shape index (κ2) is 6.77. The normalized spacial score (nSPS) is 12.2. The quantitative estimate of drug-likeness (QED) is 0.903. The number of rotatable bonds is 5. The van der Waals surface area contributed by atoms with Crippen LogP contribution < -0.4 is 5.73 Å². The zero-order valence-corrected chi connectivity index (χ0v) is 12.4. The molecule has 2 aromatic carbocycles. The first-order chi connectivity index (χ1) is 9.54. The second-order valence-electron chi connectivity index (χ2n) is 4.71. The van der Waals surface area contributed by atoms with E-state index in [1.807, 2.05) is 30.3 Å². The lowest BCUT2D eigenvalue weighted by Gasteiger charge is -2.11. The predicted molar refractivity (Wildman–Crippen MR) is 80.8 cm³/mol. The summed E-state index contributed by atoms with van der Waals surface area (Å²) in [5.41, 5.74) is 7.59. The van der Waals surface area contributed by atoms with Crippen LogP contribution in [0.15, 0.2) is 53.0 Å². The number of hydrogen-bond acceptors (Lipinski definition) is 2. The number of benzene rings is 2. The number of nitrogens with two attached hydrogens (primary N) is 1. The molecule has 2 aromatic rings. The third kappa shape index (κ3) is 4.25. The lowest BCUT2D eigenvalue weighted by Crippen LogP contribution is -2.16. The number of hydrogen-bond donors (Lipinski definition) is 1. The molecule has 20 heavy (non-hydrogen) atoms.